The van der Waals surface area contributed by atoms with Crippen molar-refractivity contribution in [2.24, 2.45) is 0 Å². The van der Waals surface area contributed by atoms with Gasteiger partial charge in [-0.25, -0.2) is 4.98 Å². The smallest absolute Gasteiger partial charge is 0.0968 e. The van der Waals surface area contributed by atoms with Crippen molar-refractivity contribution in [2.75, 3.05) is 13.7 Å². The van der Waals surface area contributed by atoms with Gasteiger partial charge in [0.2, 0.25) is 0 Å². The fourth-order valence-electron chi connectivity index (χ4n) is 2.66. The summed E-state index contributed by atoms with van der Waals surface area (Å²) in [6, 6.07) is 4.25. The first-order chi connectivity index (χ1) is 8.57. The summed E-state index contributed by atoms with van der Waals surface area (Å²) in [6.45, 7) is 4.37. The predicted molar refractivity (Wildman–Crippen MR) is 76.1 cm³/mol. The molecule has 100 valence electrons. The van der Waals surface area contributed by atoms with Crippen molar-refractivity contribution in [3.05, 3.63) is 23.4 Å². The van der Waals surface area contributed by atoms with E-state index in [2.05, 4.69) is 29.4 Å². The number of aromatic nitrogens is 1. The number of aliphatic hydroxyl groups is 1. The third-order valence-electron chi connectivity index (χ3n) is 3.76. The van der Waals surface area contributed by atoms with E-state index in [0.29, 0.717) is 5.25 Å². The van der Waals surface area contributed by atoms with E-state index < -0.39 is 0 Å². The summed E-state index contributed by atoms with van der Waals surface area (Å²) in [4.78, 5) is 4.58. The highest BCUT2D eigenvalue weighted by molar-refractivity contribution is 7.99. The van der Waals surface area contributed by atoms with Gasteiger partial charge in [0.15, 0.2) is 0 Å². The summed E-state index contributed by atoms with van der Waals surface area (Å²) in [5, 5.41) is 14.5. The standard InChI is InChI=1S/C14H22N2OS/c1-10-6-11(2)16-13(7-10)18-12-4-5-14(8-12,9-17)15-3/h6-7,12,15,17H,4-5,8-9H2,1-3H3. The van der Waals surface area contributed by atoms with Gasteiger partial charge in [-0.2, -0.15) is 0 Å². The Labute approximate surface area is 113 Å². The minimum absolute atomic E-state index is 0.0729. The maximum absolute atomic E-state index is 9.50. The summed E-state index contributed by atoms with van der Waals surface area (Å²) < 4.78 is 0. The Hall–Kier alpha value is -0.580. The second kappa shape index (κ2) is 5.59. The Kier molecular flexibility index (Phi) is 4.30. The summed E-state index contributed by atoms with van der Waals surface area (Å²) >= 11 is 1.85. The molecule has 1 heterocycles. The Balaban J connectivity index is 2.03. The maximum Gasteiger partial charge on any atom is 0.0968 e. The van der Waals surface area contributed by atoms with Gasteiger partial charge >= 0.3 is 0 Å². The van der Waals surface area contributed by atoms with Crippen LogP contribution in [0.4, 0.5) is 0 Å². The van der Waals surface area contributed by atoms with Crippen LogP contribution in [0.15, 0.2) is 17.2 Å². The van der Waals surface area contributed by atoms with E-state index in [-0.39, 0.29) is 12.1 Å². The molecule has 1 aliphatic rings. The van der Waals surface area contributed by atoms with Crippen molar-refractivity contribution in [2.45, 2.75) is 48.9 Å². The number of rotatable bonds is 4. The maximum atomic E-state index is 9.50. The molecule has 1 saturated carbocycles. The largest absolute Gasteiger partial charge is 0.394 e. The second-order valence-electron chi connectivity index (χ2n) is 5.30. The fraction of sp³-hybridized carbons (Fsp3) is 0.643. The molecule has 0 aromatic carbocycles. The lowest BCUT2D eigenvalue weighted by atomic mass is 10.00. The molecule has 1 aliphatic carbocycles. The second-order valence-corrected chi connectivity index (χ2v) is 6.62. The van der Waals surface area contributed by atoms with Crippen LogP contribution >= 0.6 is 11.8 Å². The van der Waals surface area contributed by atoms with Gasteiger partial charge in [0, 0.05) is 16.5 Å². The number of likely N-dealkylation sites (N-methyl/N-ethyl adjacent to an activating group) is 1. The third-order valence-corrected chi connectivity index (χ3v) is 4.94. The van der Waals surface area contributed by atoms with Gasteiger partial charge < -0.3 is 10.4 Å². The lowest BCUT2D eigenvalue weighted by Gasteiger charge is -2.26. The third kappa shape index (κ3) is 3.05. The number of aliphatic hydroxyl groups excluding tert-OH is 1. The zero-order chi connectivity index (χ0) is 13.2. The van der Waals surface area contributed by atoms with Crippen molar-refractivity contribution in [3.8, 4) is 0 Å². The molecule has 1 aromatic heterocycles. The number of nitrogens with zero attached hydrogens (tertiary/aromatic N) is 1. The number of nitrogens with one attached hydrogen (secondary N) is 1. The van der Waals surface area contributed by atoms with E-state index in [9.17, 15) is 5.11 Å². The molecule has 0 spiro atoms. The van der Waals surface area contributed by atoms with E-state index in [1.165, 1.54) is 5.56 Å². The minimum atomic E-state index is -0.0729. The van der Waals surface area contributed by atoms with Crippen LogP contribution in [-0.2, 0) is 0 Å². The summed E-state index contributed by atoms with van der Waals surface area (Å²) in [6.07, 6.45) is 3.20. The molecule has 2 unspecified atom stereocenters. The molecule has 2 atom stereocenters. The normalized spacial score (nSPS) is 27.7. The molecular weight excluding hydrogens is 244 g/mol. The van der Waals surface area contributed by atoms with E-state index in [1.807, 2.05) is 25.7 Å². The number of thioether (sulfide) groups is 1. The molecule has 1 aromatic rings. The Morgan fingerprint density at radius 2 is 2.28 bits per heavy atom. The Bertz CT molecular complexity index is 398. The van der Waals surface area contributed by atoms with Gasteiger partial charge in [0.1, 0.15) is 0 Å². The molecule has 4 heteroatoms. The Morgan fingerprint density at radius 1 is 1.50 bits per heavy atom. The van der Waals surface area contributed by atoms with Crippen molar-refractivity contribution in [1.29, 1.82) is 0 Å². The first kappa shape index (κ1) is 13.8. The van der Waals surface area contributed by atoms with Gasteiger partial charge in [0.25, 0.3) is 0 Å². The van der Waals surface area contributed by atoms with Gasteiger partial charge in [-0.1, -0.05) is 0 Å². The first-order valence-electron chi connectivity index (χ1n) is 6.49. The van der Waals surface area contributed by atoms with Crippen LogP contribution in [0.3, 0.4) is 0 Å². The number of aryl methyl sites for hydroxylation is 2. The first-order valence-corrected chi connectivity index (χ1v) is 7.36. The zero-order valence-electron chi connectivity index (χ0n) is 11.4. The topological polar surface area (TPSA) is 45.1 Å². The summed E-state index contributed by atoms with van der Waals surface area (Å²) in [7, 11) is 1.94. The van der Waals surface area contributed by atoms with Crippen molar-refractivity contribution >= 4 is 11.8 Å². The molecule has 0 aliphatic heterocycles. The average Bonchev–Trinajstić information content (AvgIpc) is 2.72. The molecule has 3 nitrogen and oxygen atoms in total. The van der Waals surface area contributed by atoms with Crippen LogP contribution in [0, 0.1) is 13.8 Å². The van der Waals surface area contributed by atoms with Gasteiger partial charge in [0.05, 0.1) is 11.6 Å². The fourth-order valence-corrected chi connectivity index (χ4v) is 4.09. The number of hydrogen-bond donors (Lipinski definition) is 2. The van der Waals surface area contributed by atoms with E-state index in [4.69, 9.17) is 0 Å². The SMILES string of the molecule is CNC1(CO)CCC(Sc2cc(C)cc(C)n2)C1. The Morgan fingerprint density at radius 3 is 2.83 bits per heavy atom. The average molecular weight is 266 g/mol. The predicted octanol–water partition coefficient (Wildman–Crippen LogP) is 2.29. The summed E-state index contributed by atoms with van der Waals surface area (Å²) in [5.41, 5.74) is 2.28. The van der Waals surface area contributed by atoms with E-state index >= 15 is 0 Å². The highest BCUT2D eigenvalue weighted by Gasteiger charge is 2.37. The highest BCUT2D eigenvalue weighted by Crippen LogP contribution is 2.39. The molecule has 2 rings (SSSR count). The van der Waals surface area contributed by atoms with Crippen LogP contribution in [0.2, 0.25) is 0 Å². The minimum Gasteiger partial charge on any atom is -0.394 e. The van der Waals surface area contributed by atoms with E-state index in [0.717, 1.165) is 30.0 Å². The molecule has 0 amide bonds. The monoisotopic (exact) mass is 266 g/mol. The quantitative estimate of drug-likeness (QED) is 0.878. The van der Waals surface area contributed by atoms with Gasteiger partial charge in [-0.05, 0) is 57.9 Å². The number of pyridine rings is 1. The van der Waals surface area contributed by atoms with Crippen LogP contribution in [0.1, 0.15) is 30.5 Å². The lowest BCUT2D eigenvalue weighted by molar-refractivity contribution is 0.173. The number of hydrogen-bond acceptors (Lipinski definition) is 4. The summed E-state index contributed by atoms with van der Waals surface area (Å²) in [5.74, 6) is 0. The van der Waals surface area contributed by atoms with Gasteiger partial charge in [-0.15, -0.1) is 11.8 Å². The zero-order valence-corrected chi connectivity index (χ0v) is 12.2. The van der Waals surface area contributed by atoms with Crippen molar-refractivity contribution in [1.82, 2.24) is 10.3 Å². The molecule has 1 fully saturated rings. The molecule has 2 N–H and O–H groups in total. The van der Waals surface area contributed by atoms with Crippen molar-refractivity contribution < 1.29 is 5.11 Å². The van der Waals surface area contributed by atoms with E-state index in [1.54, 1.807) is 0 Å². The van der Waals surface area contributed by atoms with Crippen LogP contribution in [-0.4, -0.2) is 34.5 Å². The molecule has 0 saturated heterocycles. The van der Waals surface area contributed by atoms with Crippen LogP contribution in [0.25, 0.3) is 0 Å². The lowest BCUT2D eigenvalue weighted by Crippen LogP contribution is -2.44. The molecular formula is C14H22N2OS. The molecule has 0 bridgehead atoms. The van der Waals surface area contributed by atoms with Gasteiger partial charge in [-0.3, -0.25) is 0 Å². The highest BCUT2D eigenvalue weighted by atomic mass is 32.2. The van der Waals surface area contributed by atoms with Crippen LogP contribution < -0.4 is 5.32 Å². The molecule has 18 heavy (non-hydrogen) atoms. The van der Waals surface area contributed by atoms with Crippen LogP contribution in [0.5, 0.6) is 0 Å². The molecule has 0 radical (unpaired) electrons. The van der Waals surface area contributed by atoms with Crippen molar-refractivity contribution in [3.63, 3.8) is 0 Å².